The smallest absolute Gasteiger partial charge is 0.355 e. The van der Waals surface area contributed by atoms with Gasteiger partial charge in [0.1, 0.15) is 12.6 Å². The van der Waals surface area contributed by atoms with Crippen LogP contribution in [-0.2, 0) is 38.8 Å². The van der Waals surface area contributed by atoms with Crippen LogP contribution in [0.1, 0.15) is 23.6 Å². The minimum Gasteiger partial charge on any atom is -0.355 e. The van der Waals surface area contributed by atoms with Gasteiger partial charge in [0.2, 0.25) is 11.8 Å². The summed E-state index contributed by atoms with van der Waals surface area (Å²) in [6.07, 6.45) is -4.72. The Morgan fingerprint density at radius 3 is 2.13 bits per heavy atom. The highest BCUT2D eigenvalue weighted by atomic mass is 35.5. The maximum absolute atomic E-state index is 14.4. The SMILES string of the molecule is CCNC(=O)[C@H](Cc1ccccc1)N(Cc1ccc(Cl)cc1Cl)C(=O)CN(c1cccc(C(F)(F)F)c1)S(=O)(=O)c1ccccc1. The number of carbonyl (C=O) groups excluding carboxylic acids is 2. The van der Waals surface area contributed by atoms with Gasteiger partial charge in [-0.15, -0.1) is 0 Å². The van der Waals surface area contributed by atoms with Gasteiger partial charge >= 0.3 is 6.18 Å². The van der Waals surface area contributed by atoms with Crippen molar-refractivity contribution in [2.24, 2.45) is 0 Å². The predicted molar refractivity (Wildman–Crippen MR) is 172 cm³/mol. The first-order valence-electron chi connectivity index (χ1n) is 14.1. The van der Waals surface area contributed by atoms with Gasteiger partial charge in [-0.1, -0.05) is 83.9 Å². The second kappa shape index (κ2) is 15.0. The molecule has 0 aromatic heterocycles. The minimum atomic E-state index is -4.78. The highest BCUT2D eigenvalue weighted by Crippen LogP contribution is 2.33. The van der Waals surface area contributed by atoms with E-state index in [9.17, 15) is 31.2 Å². The van der Waals surface area contributed by atoms with Crippen molar-refractivity contribution in [2.45, 2.75) is 37.0 Å². The summed E-state index contributed by atoms with van der Waals surface area (Å²) in [6.45, 7) is 0.799. The average Bonchev–Trinajstić information content (AvgIpc) is 3.03. The van der Waals surface area contributed by atoms with Crippen molar-refractivity contribution in [2.75, 3.05) is 17.4 Å². The van der Waals surface area contributed by atoms with Crippen molar-refractivity contribution in [3.05, 3.63) is 130 Å². The number of likely N-dealkylation sites (N-methyl/N-ethyl adjacent to an activating group) is 1. The van der Waals surface area contributed by atoms with Crippen LogP contribution in [0.15, 0.2) is 108 Å². The molecular formula is C33H30Cl2F3N3O4S. The molecule has 0 aliphatic carbocycles. The van der Waals surface area contributed by atoms with E-state index in [1.54, 1.807) is 55.5 Å². The van der Waals surface area contributed by atoms with E-state index in [4.69, 9.17) is 23.2 Å². The zero-order chi connectivity index (χ0) is 33.5. The van der Waals surface area contributed by atoms with Crippen molar-refractivity contribution in [3.63, 3.8) is 0 Å². The van der Waals surface area contributed by atoms with Gasteiger partial charge in [-0.25, -0.2) is 8.42 Å². The summed E-state index contributed by atoms with van der Waals surface area (Å²) in [4.78, 5) is 28.8. The molecule has 7 nitrogen and oxygen atoms in total. The summed E-state index contributed by atoms with van der Waals surface area (Å²) in [5.41, 5.74) is -0.349. The molecule has 4 rings (SSSR count). The first kappa shape index (κ1) is 34.8. The fraction of sp³-hybridized carbons (Fsp3) is 0.212. The number of amides is 2. The molecule has 0 saturated carbocycles. The molecule has 0 aliphatic heterocycles. The van der Waals surface area contributed by atoms with Crippen molar-refractivity contribution >= 4 is 50.7 Å². The largest absolute Gasteiger partial charge is 0.416 e. The second-order valence-electron chi connectivity index (χ2n) is 10.2. The van der Waals surface area contributed by atoms with Crippen LogP contribution in [-0.4, -0.2) is 44.3 Å². The molecule has 13 heteroatoms. The Labute approximate surface area is 275 Å². The van der Waals surface area contributed by atoms with Crippen LogP contribution < -0.4 is 9.62 Å². The Hall–Kier alpha value is -4.06. The second-order valence-corrected chi connectivity index (χ2v) is 12.9. The van der Waals surface area contributed by atoms with E-state index in [0.29, 0.717) is 26.5 Å². The molecule has 0 saturated heterocycles. The van der Waals surface area contributed by atoms with Gasteiger partial charge in [-0.2, -0.15) is 13.2 Å². The third-order valence-corrected chi connectivity index (χ3v) is 9.42. The molecule has 4 aromatic carbocycles. The first-order chi connectivity index (χ1) is 21.8. The molecule has 0 unspecified atom stereocenters. The van der Waals surface area contributed by atoms with Gasteiger partial charge < -0.3 is 10.2 Å². The van der Waals surface area contributed by atoms with E-state index in [0.717, 1.165) is 12.1 Å². The topological polar surface area (TPSA) is 86.8 Å². The van der Waals surface area contributed by atoms with Gasteiger partial charge in [-0.05, 0) is 60.5 Å². The fourth-order valence-corrected chi connectivity index (χ4v) is 6.66. The summed E-state index contributed by atoms with van der Waals surface area (Å²) in [5.74, 6) is -1.36. The molecule has 242 valence electrons. The monoisotopic (exact) mass is 691 g/mol. The van der Waals surface area contributed by atoms with E-state index in [2.05, 4.69) is 5.32 Å². The Bertz CT molecular complexity index is 1780. The zero-order valence-corrected chi connectivity index (χ0v) is 26.9. The molecule has 0 aliphatic rings. The lowest BCUT2D eigenvalue weighted by molar-refractivity contribution is -0.140. The maximum Gasteiger partial charge on any atom is 0.416 e. The van der Waals surface area contributed by atoms with Crippen LogP contribution >= 0.6 is 23.2 Å². The van der Waals surface area contributed by atoms with Crippen LogP contribution in [0.3, 0.4) is 0 Å². The van der Waals surface area contributed by atoms with E-state index >= 15 is 0 Å². The Kier molecular flexibility index (Phi) is 11.4. The zero-order valence-electron chi connectivity index (χ0n) is 24.5. The third kappa shape index (κ3) is 8.60. The molecule has 0 heterocycles. The molecule has 1 atom stereocenters. The molecule has 0 radical (unpaired) electrons. The Morgan fingerprint density at radius 2 is 1.52 bits per heavy atom. The van der Waals surface area contributed by atoms with Gasteiger partial charge in [0.15, 0.2) is 0 Å². The number of anilines is 1. The lowest BCUT2D eigenvalue weighted by Crippen LogP contribution is -2.53. The Morgan fingerprint density at radius 1 is 0.870 bits per heavy atom. The van der Waals surface area contributed by atoms with Crippen molar-refractivity contribution < 1.29 is 31.2 Å². The van der Waals surface area contributed by atoms with Gasteiger partial charge in [0.25, 0.3) is 10.0 Å². The quantitative estimate of drug-likeness (QED) is 0.174. The number of hydrogen-bond donors (Lipinski definition) is 1. The predicted octanol–water partition coefficient (Wildman–Crippen LogP) is 6.98. The Balaban J connectivity index is 1.85. The highest BCUT2D eigenvalue weighted by Gasteiger charge is 2.36. The summed E-state index contributed by atoms with van der Waals surface area (Å²) >= 11 is 12.5. The molecule has 46 heavy (non-hydrogen) atoms. The van der Waals surface area contributed by atoms with Gasteiger partial charge in [0, 0.05) is 29.6 Å². The third-order valence-electron chi connectivity index (χ3n) is 7.05. The molecule has 0 fully saturated rings. The number of rotatable bonds is 12. The average molecular weight is 693 g/mol. The first-order valence-corrected chi connectivity index (χ1v) is 16.3. The summed E-state index contributed by atoms with van der Waals surface area (Å²) in [6, 6.07) is 23.1. The van der Waals surface area contributed by atoms with Crippen molar-refractivity contribution in [1.29, 1.82) is 0 Å². The van der Waals surface area contributed by atoms with Crippen LogP contribution in [0, 0.1) is 0 Å². The molecule has 0 spiro atoms. The van der Waals surface area contributed by atoms with Crippen molar-refractivity contribution in [1.82, 2.24) is 10.2 Å². The molecule has 2 amide bonds. The normalized spacial score (nSPS) is 12.3. The maximum atomic E-state index is 14.4. The number of alkyl halides is 3. The summed E-state index contributed by atoms with van der Waals surface area (Å²) in [7, 11) is -4.57. The summed E-state index contributed by atoms with van der Waals surface area (Å²) < 4.78 is 69.7. The molecule has 1 N–H and O–H groups in total. The number of hydrogen-bond acceptors (Lipinski definition) is 4. The molecular weight excluding hydrogens is 662 g/mol. The lowest BCUT2D eigenvalue weighted by atomic mass is 10.0. The van der Waals surface area contributed by atoms with E-state index in [1.165, 1.54) is 41.3 Å². The fourth-order valence-electron chi connectivity index (χ4n) is 4.77. The number of nitrogens with zero attached hydrogens (tertiary/aromatic N) is 2. The number of carbonyl (C=O) groups is 2. The number of sulfonamides is 1. The van der Waals surface area contributed by atoms with Crippen molar-refractivity contribution in [3.8, 4) is 0 Å². The number of benzene rings is 4. The number of halogens is 5. The van der Waals surface area contributed by atoms with Crippen LogP contribution in [0.4, 0.5) is 18.9 Å². The molecule has 4 aromatic rings. The highest BCUT2D eigenvalue weighted by molar-refractivity contribution is 7.92. The standard InChI is InChI=1S/C33H30Cl2F3N3O4S/c1-2-39-32(43)30(18-23-10-5-3-6-11-23)40(21-24-16-17-26(34)20-29(24)35)31(42)22-41(46(44,45)28-14-7-4-8-15-28)27-13-9-12-25(19-27)33(36,37)38/h3-17,19-20,30H,2,18,21-22H2,1H3,(H,39,43)/t30-/m0/s1. The lowest BCUT2D eigenvalue weighted by Gasteiger charge is -2.34. The van der Waals surface area contributed by atoms with E-state index in [-0.39, 0.29) is 35.1 Å². The van der Waals surface area contributed by atoms with Gasteiger partial charge in [0.05, 0.1) is 16.1 Å². The number of nitrogens with one attached hydrogen (secondary N) is 1. The van der Waals surface area contributed by atoms with Gasteiger partial charge in [-0.3, -0.25) is 13.9 Å². The minimum absolute atomic E-state index is 0.0542. The van der Waals surface area contributed by atoms with E-state index < -0.39 is 46.2 Å². The van der Waals surface area contributed by atoms with Crippen LogP contribution in [0.25, 0.3) is 0 Å². The van der Waals surface area contributed by atoms with Crippen LogP contribution in [0.2, 0.25) is 10.0 Å². The summed E-state index contributed by atoms with van der Waals surface area (Å²) in [5, 5.41) is 3.27. The van der Waals surface area contributed by atoms with Crippen LogP contribution in [0.5, 0.6) is 0 Å². The molecule has 0 bridgehead atoms. The van der Waals surface area contributed by atoms with E-state index in [1.807, 2.05) is 0 Å².